The zero-order chi connectivity index (χ0) is 18.8. The first-order valence-corrected chi connectivity index (χ1v) is 9.88. The number of carbonyl (C=O) groups excluding carboxylic acids is 1. The van der Waals surface area contributed by atoms with E-state index in [2.05, 4.69) is 31.2 Å². The van der Waals surface area contributed by atoms with Crippen molar-refractivity contribution in [1.29, 1.82) is 0 Å². The predicted octanol–water partition coefficient (Wildman–Crippen LogP) is 3.56. The smallest absolute Gasteiger partial charge is 0.337 e. The standard InChI is InChI=1S/C16H12BrN3O4S2/c1-7(12(21)18-9-4-2-8(17)3-5-9)26-16-19-13(22)11-10(15(23)24)6-25-14(11)20-16/h2-7H,1H3,(H,18,21)(H,23,24)(H,19,20,22). The van der Waals surface area contributed by atoms with Crippen molar-refractivity contribution in [2.75, 3.05) is 5.32 Å². The van der Waals surface area contributed by atoms with Crippen molar-refractivity contribution in [3.8, 4) is 0 Å². The van der Waals surface area contributed by atoms with Crippen molar-refractivity contribution in [2.24, 2.45) is 0 Å². The number of carboxylic acid groups (broad SMARTS) is 1. The van der Waals surface area contributed by atoms with Crippen LogP contribution in [0.3, 0.4) is 0 Å². The van der Waals surface area contributed by atoms with Gasteiger partial charge in [-0.25, -0.2) is 9.78 Å². The van der Waals surface area contributed by atoms with Gasteiger partial charge in [-0.05, 0) is 31.2 Å². The summed E-state index contributed by atoms with van der Waals surface area (Å²) in [5, 5.41) is 13.1. The molecule has 2 aromatic heterocycles. The van der Waals surface area contributed by atoms with Crippen LogP contribution in [0.25, 0.3) is 10.2 Å². The lowest BCUT2D eigenvalue weighted by atomic mass is 10.2. The molecule has 0 radical (unpaired) electrons. The summed E-state index contributed by atoms with van der Waals surface area (Å²) >= 11 is 5.50. The van der Waals surface area contributed by atoms with Gasteiger partial charge in [0, 0.05) is 15.5 Å². The summed E-state index contributed by atoms with van der Waals surface area (Å²) in [5.41, 5.74) is 0.0555. The highest BCUT2D eigenvalue weighted by Gasteiger charge is 2.20. The molecule has 26 heavy (non-hydrogen) atoms. The molecule has 0 bridgehead atoms. The number of fused-ring (bicyclic) bond motifs is 1. The van der Waals surface area contributed by atoms with Crippen LogP contribution in [0.2, 0.25) is 0 Å². The SMILES string of the molecule is CC(Sc1nc2scc(C(=O)O)c2c(=O)[nH]1)C(=O)Nc1ccc(Br)cc1. The summed E-state index contributed by atoms with van der Waals surface area (Å²) in [6.45, 7) is 1.69. The summed E-state index contributed by atoms with van der Waals surface area (Å²) < 4.78 is 0.907. The van der Waals surface area contributed by atoms with Gasteiger partial charge in [0.15, 0.2) is 5.16 Å². The van der Waals surface area contributed by atoms with Crippen LogP contribution in [0.15, 0.2) is 44.1 Å². The lowest BCUT2D eigenvalue weighted by Gasteiger charge is -2.11. The minimum absolute atomic E-state index is 0.0545. The minimum atomic E-state index is -1.17. The summed E-state index contributed by atoms with van der Waals surface area (Å²) in [6.07, 6.45) is 0. The maximum atomic E-state index is 12.3. The molecule has 1 aromatic carbocycles. The van der Waals surface area contributed by atoms with Crippen molar-refractivity contribution in [3.05, 3.63) is 50.0 Å². The lowest BCUT2D eigenvalue weighted by Crippen LogP contribution is -2.23. The molecule has 3 rings (SSSR count). The van der Waals surface area contributed by atoms with E-state index in [1.54, 1.807) is 19.1 Å². The second-order valence-electron chi connectivity index (χ2n) is 5.26. The van der Waals surface area contributed by atoms with Gasteiger partial charge in [-0.3, -0.25) is 9.59 Å². The van der Waals surface area contributed by atoms with E-state index in [9.17, 15) is 14.4 Å². The molecule has 7 nitrogen and oxygen atoms in total. The summed E-state index contributed by atoms with van der Waals surface area (Å²) in [4.78, 5) is 42.8. The van der Waals surface area contributed by atoms with Crippen molar-refractivity contribution in [2.45, 2.75) is 17.3 Å². The van der Waals surface area contributed by atoms with Crippen LogP contribution in [0.4, 0.5) is 5.69 Å². The summed E-state index contributed by atoms with van der Waals surface area (Å²) in [6, 6.07) is 7.17. The number of amides is 1. The molecule has 1 amide bonds. The first kappa shape index (κ1) is 18.6. The molecule has 0 aliphatic heterocycles. The number of thiophene rings is 1. The Bertz CT molecular complexity index is 1050. The number of hydrogen-bond acceptors (Lipinski definition) is 6. The largest absolute Gasteiger partial charge is 0.478 e. The maximum absolute atomic E-state index is 12.3. The third kappa shape index (κ3) is 3.97. The molecule has 0 spiro atoms. The van der Waals surface area contributed by atoms with Gasteiger partial charge in [0.2, 0.25) is 5.91 Å². The van der Waals surface area contributed by atoms with Gasteiger partial charge in [-0.2, -0.15) is 0 Å². The molecule has 0 saturated heterocycles. The van der Waals surface area contributed by atoms with Gasteiger partial charge in [-0.1, -0.05) is 27.7 Å². The third-order valence-electron chi connectivity index (χ3n) is 3.42. The van der Waals surface area contributed by atoms with E-state index in [4.69, 9.17) is 5.11 Å². The second-order valence-corrected chi connectivity index (χ2v) is 8.37. The first-order chi connectivity index (χ1) is 12.3. The van der Waals surface area contributed by atoms with Crippen molar-refractivity contribution in [3.63, 3.8) is 0 Å². The Kier molecular flexibility index (Phi) is 5.44. The second kappa shape index (κ2) is 7.60. The molecule has 2 heterocycles. The Balaban J connectivity index is 1.77. The molecule has 3 N–H and O–H groups in total. The number of aromatic carboxylic acids is 1. The molecule has 1 atom stereocenters. The van der Waals surface area contributed by atoms with E-state index in [0.29, 0.717) is 10.5 Å². The van der Waals surface area contributed by atoms with Crippen LogP contribution in [-0.4, -0.2) is 32.2 Å². The quantitative estimate of drug-likeness (QED) is 0.402. The first-order valence-electron chi connectivity index (χ1n) is 7.33. The summed E-state index contributed by atoms with van der Waals surface area (Å²) in [7, 11) is 0. The van der Waals surface area contributed by atoms with E-state index >= 15 is 0 Å². The van der Waals surface area contributed by atoms with Gasteiger partial charge < -0.3 is 15.4 Å². The van der Waals surface area contributed by atoms with Crippen LogP contribution in [-0.2, 0) is 4.79 Å². The fourth-order valence-corrected chi connectivity index (χ4v) is 4.17. The zero-order valence-electron chi connectivity index (χ0n) is 13.3. The maximum Gasteiger partial charge on any atom is 0.337 e. The molecular formula is C16H12BrN3O4S2. The highest BCUT2D eigenvalue weighted by atomic mass is 79.9. The minimum Gasteiger partial charge on any atom is -0.478 e. The molecule has 1 unspecified atom stereocenters. The fraction of sp³-hybridized carbons (Fsp3) is 0.125. The number of rotatable bonds is 5. The Hall–Kier alpha value is -2.17. The normalized spacial score (nSPS) is 12.1. The van der Waals surface area contributed by atoms with Crippen molar-refractivity contribution in [1.82, 2.24) is 9.97 Å². The van der Waals surface area contributed by atoms with Crippen molar-refractivity contribution < 1.29 is 14.7 Å². The topological polar surface area (TPSA) is 112 Å². The summed E-state index contributed by atoms with van der Waals surface area (Å²) in [5.74, 6) is -1.41. The van der Waals surface area contributed by atoms with Gasteiger partial charge >= 0.3 is 5.97 Å². The number of thioether (sulfide) groups is 1. The molecule has 134 valence electrons. The number of carboxylic acids is 1. The number of anilines is 1. The van der Waals surface area contributed by atoms with Crippen LogP contribution in [0, 0.1) is 0 Å². The molecule has 0 aliphatic rings. The highest BCUT2D eigenvalue weighted by molar-refractivity contribution is 9.10. The number of carbonyl (C=O) groups is 2. The average molecular weight is 454 g/mol. The lowest BCUT2D eigenvalue weighted by molar-refractivity contribution is -0.115. The van der Waals surface area contributed by atoms with E-state index in [0.717, 1.165) is 27.6 Å². The molecule has 10 heteroatoms. The number of H-pyrrole nitrogens is 1. The number of nitrogens with zero attached hydrogens (tertiary/aromatic N) is 1. The fourth-order valence-electron chi connectivity index (χ4n) is 2.14. The molecule has 0 fully saturated rings. The number of hydrogen-bond donors (Lipinski definition) is 3. The average Bonchev–Trinajstić information content (AvgIpc) is 3.01. The number of benzene rings is 1. The van der Waals surface area contributed by atoms with E-state index in [1.807, 2.05) is 12.1 Å². The van der Waals surface area contributed by atoms with Crippen molar-refractivity contribution >= 4 is 66.8 Å². The Morgan fingerprint density at radius 3 is 2.69 bits per heavy atom. The molecule has 0 saturated carbocycles. The molecule has 3 aromatic rings. The third-order valence-corrected chi connectivity index (χ3v) is 5.81. The Morgan fingerprint density at radius 2 is 2.04 bits per heavy atom. The predicted molar refractivity (Wildman–Crippen MR) is 105 cm³/mol. The highest BCUT2D eigenvalue weighted by Crippen LogP contribution is 2.26. The van der Waals surface area contributed by atoms with Gasteiger partial charge in [-0.15, -0.1) is 11.3 Å². The van der Waals surface area contributed by atoms with E-state index in [-0.39, 0.29) is 22.0 Å². The van der Waals surface area contributed by atoms with Gasteiger partial charge in [0.25, 0.3) is 5.56 Å². The Morgan fingerprint density at radius 1 is 1.35 bits per heavy atom. The van der Waals surface area contributed by atoms with Crippen LogP contribution >= 0.6 is 39.0 Å². The Labute approximate surface area is 164 Å². The number of aromatic amines is 1. The van der Waals surface area contributed by atoms with Crippen LogP contribution in [0.5, 0.6) is 0 Å². The van der Waals surface area contributed by atoms with Crippen LogP contribution < -0.4 is 10.9 Å². The van der Waals surface area contributed by atoms with Crippen LogP contribution in [0.1, 0.15) is 17.3 Å². The molecular weight excluding hydrogens is 442 g/mol. The van der Waals surface area contributed by atoms with E-state index < -0.39 is 16.8 Å². The molecule has 0 aliphatic carbocycles. The number of halogens is 1. The van der Waals surface area contributed by atoms with E-state index in [1.165, 1.54) is 5.38 Å². The zero-order valence-corrected chi connectivity index (χ0v) is 16.5. The van der Waals surface area contributed by atoms with Gasteiger partial charge in [0.05, 0.1) is 16.2 Å². The number of nitrogens with one attached hydrogen (secondary N) is 2. The number of aromatic nitrogens is 2. The monoisotopic (exact) mass is 453 g/mol. The van der Waals surface area contributed by atoms with Gasteiger partial charge in [0.1, 0.15) is 4.83 Å².